The Hall–Kier alpha value is -0.990. The van der Waals surface area contributed by atoms with Gasteiger partial charge in [-0.3, -0.25) is 0 Å². The highest BCUT2D eigenvalue weighted by Gasteiger charge is 2.29. The Bertz CT molecular complexity index is 409. The summed E-state index contributed by atoms with van der Waals surface area (Å²) >= 11 is 0. The number of hydrogen-bond donors (Lipinski definition) is 0. The van der Waals surface area contributed by atoms with Crippen LogP contribution in [0.25, 0.3) is 0 Å². The third-order valence-corrected chi connectivity index (χ3v) is 6.95. The van der Waals surface area contributed by atoms with Gasteiger partial charge in [0.25, 0.3) is 0 Å². The van der Waals surface area contributed by atoms with Crippen LogP contribution >= 0.6 is 10.3 Å². The number of benzene rings is 1. The molecule has 1 atom stereocenters. The average molecular weight is 278 g/mol. The highest BCUT2D eigenvalue weighted by atomic mass is 32.3. The molecule has 0 saturated carbocycles. The first kappa shape index (κ1) is 16.1. The van der Waals surface area contributed by atoms with E-state index >= 15 is 0 Å². The maximum atomic E-state index is 6.27. The van der Waals surface area contributed by atoms with Crippen molar-refractivity contribution in [3.05, 3.63) is 54.6 Å². The fraction of sp³-hybridized carbons (Fsp3) is 0.412. The normalized spacial score (nSPS) is 17.1. The minimum atomic E-state index is -1.24. The van der Waals surface area contributed by atoms with Gasteiger partial charge < -0.3 is 4.18 Å². The monoisotopic (exact) mass is 278 g/mol. The number of rotatable bonds is 7. The predicted octanol–water partition coefficient (Wildman–Crippen LogP) is 5.34. The standard InChI is InChI=1S/C17H26OS/c1-5-7-8-12-15-19(16(3)4,18-6-2)17-13-10-9-11-14-17/h5,7-14,16H,6,15H2,1-4H3/b7-5-,12-8-. The molecule has 1 nitrogen and oxygen atoms in total. The van der Waals surface area contributed by atoms with Gasteiger partial charge in [0, 0.05) is 15.9 Å². The van der Waals surface area contributed by atoms with Gasteiger partial charge in [-0.25, -0.2) is 0 Å². The van der Waals surface area contributed by atoms with Crippen LogP contribution in [0.1, 0.15) is 27.7 Å². The lowest BCUT2D eigenvalue weighted by molar-refractivity contribution is 0.378. The van der Waals surface area contributed by atoms with Crippen LogP contribution in [-0.4, -0.2) is 17.6 Å². The van der Waals surface area contributed by atoms with E-state index < -0.39 is 10.3 Å². The molecule has 0 N–H and O–H groups in total. The first-order valence-electron chi connectivity index (χ1n) is 6.94. The fourth-order valence-electron chi connectivity index (χ4n) is 2.06. The van der Waals surface area contributed by atoms with E-state index in [1.807, 2.05) is 13.0 Å². The smallest absolute Gasteiger partial charge is 0.0568 e. The third kappa shape index (κ3) is 4.26. The van der Waals surface area contributed by atoms with Gasteiger partial charge in [-0.15, -0.1) is 10.3 Å². The van der Waals surface area contributed by atoms with Gasteiger partial charge in [-0.2, -0.15) is 0 Å². The summed E-state index contributed by atoms with van der Waals surface area (Å²) in [5, 5.41) is 0.505. The van der Waals surface area contributed by atoms with Crippen LogP contribution in [0.15, 0.2) is 59.5 Å². The summed E-state index contributed by atoms with van der Waals surface area (Å²) in [6.45, 7) is 9.41. The van der Waals surface area contributed by atoms with Crippen molar-refractivity contribution in [1.82, 2.24) is 0 Å². The third-order valence-electron chi connectivity index (χ3n) is 3.02. The molecule has 0 spiro atoms. The van der Waals surface area contributed by atoms with Crippen molar-refractivity contribution in [3.8, 4) is 0 Å². The van der Waals surface area contributed by atoms with Crippen molar-refractivity contribution in [3.63, 3.8) is 0 Å². The van der Waals surface area contributed by atoms with E-state index in [2.05, 4.69) is 69.3 Å². The van der Waals surface area contributed by atoms with Crippen LogP contribution < -0.4 is 0 Å². The molecule has 1 aromatic rings. The second-order valence-electron chi connectivity index (χ2n) is 4.62. The quantitative estimate of drug-likeness (QED) is 0.611. The zero-order chi connectivity index (χ0) is 14.1. The predicted molar refractivity (Wildman–Crippen MR) is 87.9 cm³/mol. The minimum Gasteiger partial charge on any atom is -0.332 e. The Labute approximate surface area is 119 Å². The zero-order valence-corrected chi connectivity index (χ0v) is 13.3. The summed E-state index contributed by atoms with van der Waals surface area (Å²) in [6.07, 6.45) is 8.47. The van der Waals surface area contributed by atoms with E-state index in [9.17, 15) is 0 Å². The van der Waals surface area contributed by atoms with Crippen LogP contribution in [0.2, 0.25) is 0 Å². The summed E-state index contributed by atoms with van der Waals surface area (Å²) < 4.78 is 6.27. The Morgan fingerprint density at radius 2 is 1.84 bits per heavy atom. The molecule has 0 aliphatic heterocycles. The summed E-state index contributed by atoms with van der Waals surface area (Å²) in [4.78, 5) is 1.34. The molecule has 2 heteroatoms. The molecule has 0 heterocycles. The molecular formula is C17H26OS. The summed E-state index contributed by atoms with van der Waals surface area (Å²) in [5.74, 6) is 0.979. The van der Waals surface area contributed by atoms with Gasteiger partial charge in [0.2, 0.25) is 0 Å². The molecule has 0 aromatic heterocycles. The van der Waals surface area contributed by atoms with Gasteiger partial charge in [-0.1, -0.05) is 56.4 Å². The van der Waals surface area contributed by atoms with E-state index in [0.29, 0.717) is 5.25 Å². The zero-order valence-electron chi connectivity index (χ0n) is 12.5. The Morgan fingerprint density at radius 1 is 1.16 bits per heavy atom. The first-order chi connectivity index (χ1) is 9.17. The van der Waals surface area contributed by atoms with Gasteiger partial charge in [0.1, 0.15) is 0 Å². The van der Waals surface area contributed by atoms with Crippen molar-refractivity contribution >= 4 is 10.3 Å². The molecule has 106 valence electrons. The van der Waals surface area contributed by atoms with E-state index in [4.69, 9.17) is 4.18 Å². The lowest BCUT2D eigenvalue weighted by Gasteiger charge is -2.42. The Morgan fingerprint density at radius 3 is 2.37 bits per heavy atom. The van der Waals surface area contributed by atoms with Crippen LogP contribution in [-0.2, 0) is 4.18 Å². The molecule has 1 aromatic carbocycles. The van der Waals surface area contributed by atoms with Crippen molar-refractivity contribution in [2.24, 2.45) is 0 Å². The van der Waals surface area contributed by atoms with Crippen molar-refractivity contribution < 1.29 is 4.18 Å². The fourth-order valence-corrected chi connectivity index (χ4v) is 5.12. The second kappa shape index (κ2) is 8.23. The number of allylic oxidation sites excluding steroid dienone is 3. The lowest BCUT2D eigenvalue weighted by Crippen LogP contribution is -2.18. The van der Waals surface area contributed by atoms with Crippen LogP contribution in [0.5, 0.6) is 0 Å². The van der Waals surface area contributed by atoms with Crippen LogP contribution in [0, 0.1) is 0 Å². The molecule has 0 saturated heterocycles. The highest BCUT2D eigenvalue weighted by Crippen LogP contribution is 2.60. The Balaban J connectivity index is 3.07. The Kier molecular flexibility index (Phi) is 6.96. The van der Waals surface area contributed by atoms with Gasteiger partial charge in [-0.05, 0) is 26.0 Å². The SMILES string of the molecule is C/C=C\C=C/CS(OCC)(c1ccccc1)C(C)C. The van der Waals surface area contributed by atoms with E-state index in [-0.39, 0.29) is 0 Å². The molecule has 19 heavy (non-hydrogen) atoms. The molecule has 0 aliphatic rings. The molecule has 0 aliphatic carbocycles. The van der Waals surface area contributed by atoms with Crippen molar-refractivity contribution in [2.75, 3.05) is 12.4 Å². The van der Waals surface area contributed by atoms with Gasteiger partial charge >= 0.3 is 0 Å². The molecule has 1 unspecified atom stereocenters. The average Bonchev–Trinajstić information content (AvgIpc) is 2.43. The molecule has 0 bridgehead atoms. The maximum Gasteiger partial charge on any atom is 0.0568 e. The molecule has 0 amide bonds. The van der Waals surface area contributed by atoms with E-state index in [0.717, 1.165) is 12.4 Å². The van der Waals surface area contributed by atoms with E-state index in [1.165, 1.54) is 4.90 Å². The van der Waals surface area contributed by atoms with Gasteiger partial charge in [0.15, 0.2) is 0 Å². The molecule has 1 rings (SSSR count). The highest BCUT2D eigenvalue weighted by molar-refractivity contribution is 8.30. The second-order valence-corrected chi connectivity index (χ2v) is 8.05. The molecule has 0 fully saturated rings. The maximum absolute atomic E-state index is 6.27. The summed E-state index contributed by atoms with van der Waals surface area (Å²) in [6, 6.07) is 10.7. The van der Waals surface area contributed by atoms with Crippen molar-refractivity contribution in [2.45, 2.75) is 37.8 Å². The first-order valence-corrected chi connectivity index (χ1v) is 8.73. The van der Waals surface area contributed by atoms with E-state index in [1.54, 1.807) is 0 Å². The minimum absolute atomic E-state index is 0.505. The molecular weight excluding hydrogens is 252 g/mol. The van der Waals surface area contributed by atoms with Crippen LogP contribution in [0.3, 0.4) is 0 Å². The number of hydrogen-bond acceptors (Lipinski definition) is 1. The lowest BCUT2D eigenvalue weighted by atomic mass is 10.4. The van der Waals surface area contributed by atoms with Crippen molar-refractivity contribution in [1.29, 1.82) is 0 Å². The van der Waals surface area contributed by atoms with Crippen LogP contribution in [0.4, 0.5) is 0 Å². The molecule has 0 radical (unpaired) electrons. The van der Waals surface area contributed by atoms with Gasteiger partial charge in [0.05, 0.1) is 6.61 Å². The summed E-state index contributed by atoms with van der Waals surface area (Å²) in [5.41, 5.74) is 0. The largest absolute Gasteiger partial charge is 0.332 e. The topological polar surface area (TPSA) is 9.23 Å². The summed E-state index contributed by atoms with van der Waals surface area (Å²) in [7, 11) is -1.24.